The number of benzene rings is 1. The van der Waals surface area contributed by atoms with Gasteiger partial charge >= 0.3 is 5.97 Å². The molecular weight excluding hydrogens is 276 g/mol. The molecule has 0 aliphatic carbocycles. The zero-order valence-corrected chi connectivity index (χ0v) is 10.8. The van der Waals surface area contributed by atoms with Gasteiger partial charge in [-0.15, -0.1) is 0 Å². The lowest BCUT2D eigenvalue weighted by molar-refractivity contribution is -0.147. The topological polar surface area (TPSA) is 66.8 Å². The van der Waals surface area contributed by atoms with Gasteiger partial charge in [0.05, 0.1) is 11.6 Å². The predicted octanol–water partition coefficient (Wildman–Crippen LogP) is 2.19. The third-order valence-electron chi connectivity index (χ3n) is 2.51. The molecule has 0 aliphatic heterocycles. The summed E-state index contributed by atoms with van der Waals surface area (Å²) in [5, 5.41) is 18.5. The maximum atomic E-state index is 10.8. The maximum Gasteiger partial charge on any atom is 0.337 e. The van der Waals surface area contributed by atoms with E-state index < -0.39 is 12.1 Å². The molecule has 5 heteroatoms. The minimum absolute atomic E-state index is 0.293. The van der Waals surface area contributed by atoms with Gasteiger partial charge < -0.3 is 14.9 Å². The van der Waals surface area contributed by atoms with E-state index in [1.807, 2.05) is 13.0 Å². The molecular formula is C11H13BrO4. The SMILES string of the molecule is COc1c(Br)cc(C)c(C)c1C(O)C(=O)O. The van der Waals surface area contributed by atoms with Gasteiger partial charge in [-0.3, -0.25) is 0 Å². The van der Waals surface area contributed by atoms with Crippen LogP contribution in [0.3, 0.4) is 0 Å². The molecule has 0 amide bonds. The summed E-state index contributed by atoms with van der Waals surface area (Å²) in [4.78, 5) is 10.8. The summed E-state index contributed by atoms with van der Waals surface area (Å²) in [7, 11) is 1.44. The summed E-state index contributed by atoms with van der Waals surface area (Å²) in [6, 6.07) is 1.83. The first-order valence-corrected chi connectivity index (χ1v) is 5.43. The quantitative estimate of drug-likeness (QED) is 0.895. The number of halogens is 1. The van der Waals surface area contributed by atoms with E-state index in [0.29, 0.717) is 15.8 Å². The molecule has 0 aliphatic rings. The third kappa shape index (κ3) is 2.20. The molecule has 0 radical (unpaired) electrons. The van der Waals surface area contributed by atoms with Crippen LogP contribution in [-0.2, 0) is 4.79 Å². The number of hydrogen-bond donors (Lipinski definition) is 2. The van der Waals surface area contributed by atoms with Gasteiger partial charge in [-0.2, -0.15) is 0 Å². The van der Waals surface area contributed by atoms with Crippen molar-refractivity contribution < 1.29 is 19.7 Å². The highest BCUT2D eigenvalue weighted by molar-refractivity contribution is 9.10. The Hall–Kier alpha value is -1.07. The summed E-state index contributed by atoms with van der Waals surface area (Å²) < 4.78 is 5.75. The third-order valence-corrected chi connectivity index (χ3v) is 3.10. The number of methoxy groups -OCH3 is 1. The largest absolute Gasteiger partial charge is 0.495 e. The molecule has 0 heterocycles. The second-order valence-corrected chi connectivity index (χ2v) is 4.34. The molecule has 1 unspecified atom stereocenters. The van der Waals surface area contributed by atoms with Crippen LogP contribution in [-0.4, -0.2) is 23.3 Å². The minimum atomic E-state index is -1.58. The molecule has 1 atom stereocenters. The number of carboxylic acid groups (broad SMARTS) is 1. The fraction of sp³-hybridized carbons (Fsp3) is 0.364. The molecule has 0 bridgehead atoms. The van der Waals surface area contributed by atoms with E-state index >= 15 is 0 Å². The van der Waals surface area contributed by atoms with Gasteiger partial charge in [0.2, 0.25) is 0 Å². The van der Waals surface area contributed by atoms with Crippen molar-refractivity contribution in [1.82, 2.24) is 0 Å². The van der Waals surface area contributed by atoms with Gasteiger partial charge in [0.25, 0.3) is 0 Å². The average Bonchev–Trinajstić information content (AvgIpc) is 2.21. The number of rotatable bonds is 3. The number of aliphatic hydroxyl groups is 1. The van der Waals surface area contributed by atoms with Gasteiger partial charge in [0, 0.05) is 5.56 Å². The average molecular weight is 289 g/mol. The van der Waals surface area contributed by atoms with Gasteiger partial charge in [0.15, 0.2) is 6.10 Å². The fourth-order valence-corrected chi connectivity index (χ4v) is 2.25. The summed E-state index contributed by atoms with van der Waals surface area (Å²) in [6.45, 7) is 3.60. The molecule has 2 N–H and O–H groups in total. The standard InChI is InChI=1S/C11H13BrO4/c1-5-4-7(12)10(16-3)8(6(5)2)9(13)11(14)15/h4,9,13H,1-3H3,(H,14,15). The van der Waals surface area contributed by atoms with Crippen LogP contribution in [0, 0.1) is 13.8 Å². The Kier molecular flexibility index (Phi) is 3.93. The van der Waals surface area contributed by atoms with E-state index in [1.165, 1.54) is 7.11 Å². The van der Waals surface area contributed by atoms with Crippen LogP contribution < -0.4 is 4.74 Å². The molecule has 0 spiro atoms. The number of ether oxygens (including phenoxy) is 1. The Bertz CT molecular complexity index is 428. The first-order chi connectivity index (χ1) is 7.40. The van der Waals surface area contributed by atoms with Crippen LogP contribution in [0.25, 0.3) is 0 Å². The van der Waals surface area contributed by atoms with Gasteiger partial charge in [0.1, 0.15) is 5.75 Å². The summed E-state index contributed by atoms with van der Waals surface area (Å²) in [5.74, 6) is -0.933. The molecule has 16 heavy (non-hydrogen) atoms. The van der Waals surface area contributed by atoms with Crippen molar-refractivity contribution in [3.05, 3.63) is 27.2 Å². The van der Waals surface area contributed by atoms with E-state index in [1.54, 1.807) is 6.92 Å². The molecule has 0 saturated carbocycles. The second kappa shape index (κ2) is 4.84. The number of aliphatic hydroxyl groups excluding tert-OH is 1. The summed E-state index contributed by atoms with van der Waals surface area (Å²) >= 11 is 3.28. The van der Waals surface area contributed by atoms with Crippen LogP contribution >= 0.6 is 15.9 Å². The first-order valence-electron chi connectivity index (χ1n) is 4.64. The van der Waals surface area contributed by atoms with Crippen molar-refractivity contribution in [3.8, 4) is 5.75 Å². The normalized spacial score (nSPS) is 12.3. The number of aliphatic carboxylic acids is 1. The van der Waals surface area contributed by atoms with Crippen molar-refractivity contribution in [2.45, 2.75) is 20.0 Å². The fourth-order valence-electron chi connectivity index (χ4n) is 1.54. The van der Waals surface area contributed by atoms with Gasteiger partial charge in [-0.25, -0.2) is 4.79 Å². The Labute approximate surface area is 102 Å². The first kappa shape index (κ1) is 13.0. The molecule has 1 rings (SSSR count). The zero-order chi connectivity index (χ0) is 12.5. The molecule has 1 aromatic carbocycles. The van der Waals surface area contributed by atoms with E-state index in [2.05, 4.69) is 15.9 Å². The smallest absolute Gasteiger partial charge is 0.337 e. The summed E-state index contributed by atoms with van der Waals surface area (Å²) in [5.41, 5.74) is 1.90. The van der Waals surface area contributed by atoms with E-state index in [9.17, 15) is 9.90 Å². The van der Waals surface area contributed by atoms with Crippen molar-refractivity contribution in [2.24, 2.45) is 0 Å². The second-order valence-electron chi connectivity index (χ2n) is 3.49. The van der Waals surface area contributed by atoms with Crippen LogP contribution in [0.4, 0.5) is 0 Å². The minimum Gasteiger partial charge on any atom is -0.495 e. The number of aryl methyl sites for hydroxylation is 1. The Morgan fingerprint density at radius 3 is 2.50 bits per heavy atom. The van der Waals surface area contributed by atoms with Crippen LogP contribution in [0.2, 0.25) is 0 Å². The zero-order valence-electron chi connectivity index (χ0n) is 9.24. The van der Waals surface area contributed by atoms with Crippen LogP contribution in [0.1, 0.15) is 22.8 Å². The Morgan fingerprint density at radius 1 is 1.50 bits per heavy atom. The van der Waals surface area contributed by atoms with E-state index in [0.717, 1.165) is 11.1 Å². The lowest BCUT2D eigenvalue weighted by Gasteiger charge is -2.17. The monoisotopic (exact) mass is 288 g/mol. The van der Waals surface area contributed by atoms with Crippen molar-refractivity contribution in [2.75, 3.05) is 7.11 Å². The maximum absolute atomic E-state index is 10.8. The van der Waals surface area contributed by atoms with E-state index in [4.69, 9.17) is 9.84 Å². The predicted molar refractivity (Wildman–Crippen MR) is 62.8 cm³/mol. The number of hydrogen-bond acceptors (Lipinski definition) is 3. The lowest BCUT2D eigenvalue weighted by Crippen LogP contribution is -2.14. The highest BCUT2D eigenvalue weighted by atomic mass is 79.9. The van der Waals surface area contributed by atoms with Crippen molar-refractivity contribution >= 4 is 21.9 Å². The van der Waals surface area contributed by atoms with E-state index in [-0.39, 0.29) is 0 Å². The van der Waals surface area contributed by atoms with Crippen LogP contribution in [0.5, 0.6) is 5.75 Å². The molecule has 88 valence electrons. The van der Waals surface area contributed by atoms with Crippen LogP contribution in [0.15, 0.2) is 10.5 Å². The molecule has 0 aromatic heterocycles. The number of carboxylic acids is 1. The van der Waals surface area contributed by atoms with Gasteiger partial charge in [-0.1, -0.05) is 0 Å². The molecule has 0 fully saturated rings. The molecule has 4 nitrogen and oxygen atoms in total. The highest BCUT2D eigenvalue weighted by Crippen LogP contribution is 2.37. The van der Waals surface area contributed by atoms with Gasteiger partial charge in [-0.05, 0) is 47.0 Å². The Balaban J connectivity index is 3.50. The lowest BCUT2D eigenvalue weighted by atomic mass is 9.98. The molecule has 0 saturated heterocycles. The van der Waals surface area contributed by atoms with Crippen molar-refractivity contribution in [1.29, 1.82) is 0 Å². The van der Waals surface area contributed by atoms with Crippen molar-refractivity contribution in [3.63, 3.8) is 0 Å². The Morgan fingerprint density at radius 2 is 2.06 bits per heavy atom. The molecule has 1 aromatic rings. The number of carbonyl (C=O) groups is 1. The highest BCUT2D eigenvalue weighted by Gasteiger charge is 2.25. The summed E-state index contributed by atoms with van der Waals surface area (Å²) in [6.07, 6.45) is -1.58.